The minimum atomic E-state index is -4.83. The number of ether oxygens (including phenoxy) is 2. The predicted molar refractivity (Wildman–Crippen MR) is 137 cm³/mol. The number of alkyl halides is 3. The van der Waals surface area contributed by atoms with E-state index in [0.717, 1.165) is 22.5 Å². The first-order valence-corrected chi connectivity index (χ1v) is 13.5. The molecular formula is C26H30F4N2O7S. The average molecular weight is 591 g/mol. The number of nitrogens with zero attached hydrogens (tertiary/aromatic N) is 1. The number of fused-ring (bicyclic) bond motifs is 1. The van der Waals surface area contributed by atoms with E-state index in [0.29, 0.717) is 19.4 Å². The minimum absolute atomic E-state index is 0.0390. The summed E-state index contributed by atoms with van der Waals surface area (Å²) in [7, 11) is -3.21. The molecule has 0 aromatic heterocycles. The van der Waals surface area contributed by atoms with Crippen molar-refractivity contribution in [3.05, 3.63) is 47.8 Å². The van der Waals surface area contributed by atoms with Crippen LogP contribution in [0.4, 0.5) is 33.7 Å². The van der Waals surface area contributed by atoms with Crippen LogP contribution in [-0.2, 0) is 26.0 Å². The van der Waals surface area contributed by atoms with Crippen LogP contribution in [0.5, 0.6) is 5.75 Å². The van der Waals surface area contributed by atoms with Crippen LogP contribution in [0.1, 0.15) is 39.7 Å². The quantitative estimate of drug-likeness (QED) is 0.384. The van der Waals surface area contributed by atoms with Crippen molar-refractivity contribution in [2.24, 2.45) is 11.3 Å². The van der Waals surface area contributed by atoms with E-state index in [-0.39, 0.29) is 41.4 Å². The van der Waals surface area contributed by atoms with E-state index in [9.17, 15) is 40.7 Å². The first kappa shape index (κ1) is 31.0. The van der Waals surface area contributed by atoms with Gasteiger partial charge < -0.3 is 14.6 Å². The zero-order chi connectivity index (χ0) is 30.3. The summed E-state index contributed by atoms with van der Waals surface area (Å²) in [6.45, 7) is 4.26. The van der Waals surface area contributed by atoms with Crippen molar-refractivity contribution in [2.75, 3.05) is 23.3 Å². The lowest BCUT2D eigenvalue weighted by Gasteiger charge is -2.37. The summed E-state index contributed by atoms with van der Waals surface area (Å²) in [5, 5.41) is 11.8. The molecule has 0 saturated heterocycles. The fraction of sp³-hybridized carbons (Fsp3) is 0.462. The number of nitrogens with one attached hydrogen (secondary N) is 1. The number of methoxy groups -OCH3 is 1. The van der Waals surface area contributed by atoms with E-state index in [1.807, 2.05) is 0 Å². The second kappa shape index (κ2) is 10.8. The average Bonchev–Trinajstić information content (AvgIpc) is 2.82. The lowest BCUT2D eigenvalue weighted by molar-refractivity contribution is -0.242. The smallest absolute Gasteiger partial charge is 0.427 e. The summed E-state index contributed by atoms with van der Waals surface area (Å²) in [6.07, 6.45) is -5.83. The number of aliphatic carboxylic acids is 1. The van der Waals surface area contributed by atoms with Crippen molar-refractivity contribution < 1.29 is 50.1 Å². The van der Waals surface area contributed by atoms with Crippen LogP contribution in [0.3, 0.4) is 0 Å². The van der Waals surface area contributed by atoms with Crippen LogP contribution in [0, 0.1) is 17.2 Å². The van der Waals surface area contributed by atoms with Gasteiger partial charge in [0.25, 0.3) is 10.0 Å². The molecule has 2 aromatic rings. The number of carboxylic acids is 1. The normalized spacial score (nSPS) is 16.2. The monoisotopic (exact) mass is 590 g/mol. The molecule has 0 spiro atoms. The highest BCUT2D eigenvalue weighted by Crippen LogP contribution is 2.40. The lowest BCUT2D eigenvalue weighted by Crippen LogP contribution is -2.44. The summed E-state index contributed by atoms with van der Waals surface area (Å²) in [4.78, 5) is 23.7. The number of carbonyl (C=O) groups is 2. The molecule has 0 bridgehead atoms. The molecule has 2 aromatic carbocycles. The Bertz CT molecular complexity index is 1410. The number of rotatable bonds is 8. The topological polar surface area (TPSA) is 122 Å². The van der Waals surface area contributed by atoms with E-state index in [2.05, 4.69) is 10.1 Å². The number of hydrogen-bond donors (Lipinski definition) is 2. The van der Waals surface area contributed by atoms with Gasteiger partial charge in [0.05, 0.1) is 23.1 Å². The third-order valence-corrected chi connectivity index (χ3v) is 8.43. The van der Waals surface area contributed by atoms with Gasteiger partial charge in [0, 0.05) is 18.3 Å². The molecule has 0 aliphatic carbocycles. The van der Waals surface area contributed by atoms with Crippen molar-refractivity contribution in [3.63, 3.8) is 0 Å². The summed E-state index contributed by atoms with van der Waals surface area (Å²) in [5.74, 6) is -2.59. The maximum Gasteiger partial charge on any atom is 0.427 e. The molecule has 0 unspecified atom stereocenters. The lowest BCUT2D eigenvalue weighted by atomic mass is 9.79. The summed E-state index contributed by atoms with van der Waals surface area (Å²) in [6, 6.07) is 7.13. The molecule has 0 fully saturated rings. The summed E-state index contributed by atoms with van der Waals surface area (Å²) < 4.78 is 91.5. The molecule has 220 valence electrons. The van der Waals surface area contributed by atoms with Gasteiger partial charge in [-0.15, -0.1) is 0 Å². The molecule has 0 saturated carbocycles. The third kappa shape index (κ3) is 6.43. The van der Waals surface area contributed by atoms with Gasteiger partial charge in [-0.3, -0.25) is 14.4 Å². The Kier molecular flexibility index (Phi) is 8.36. The maximum atomic E-state index is 14.0. The predicted octanol–water partition coefficient (Wildman–Crippen LogP) is 5.59. The molecule has 9 nitrogen and oxygen atoms in total. The van der Waals surface area contributed by atoms with Crippen LogP contribution in [-0.4, -0.2) is 51.0 Å². The number of halogens is 4. The molecule has 1 heterocycles. The Morgan fingerprint density at radius 3 is 2.33 bits per heavy atom. The fourth-order valence-electron chi connectivity index (χ4n) is 4.29. The highest BCUT2D eigenvalue weighted by Gasteiger charge is 2.51. The van der Waals surface area contributed by atoms with Crippen LogP contribution < -0.4 is 14.4 Å². The van der Waals surface area contributed by atoms with E-state index >= 15 is 0 Å². The molecule has 40 heavy (non-hydrogen) atoms. The number of anilines is 2. The van der Waals surface area contributed by atoms with Crippen LogP contribution in [0.2, 0.25) is 0 Å². The molecular weight excluding hydrogens is 560 g/mol. The molecule has 0 radical (unpaired) electrons. The first-order chi connectivity index (χ1) is 18.3. The SMILES string of the molecule is COc1cc(S(=O)(=O)N2C[C@@H](CC(C)(C)C(=O)O)Cc3ccc(NC(=O)OC(C)(C)C(F)(F)F)cc32)ccc1F. The van der Waals surface area contributed by atoms with Gasteiger partial charge in [0.2, 0.25) is 5.60 Å². The highest BCUT2D eigenvalue weighted by atomic mass is 32.2. The van der Waals surface area contributed by atoms with Crippen LogP contribution >= 0.6 is 0 Å². The largest absolute Gasteiger partial charge is 0.494 e. The molecule has 1 aliphatic rings. The third-order valence-electron chi connectivity index (χ3n) is 6.65. The number of sulfonamides is 1. The number of carboxylic acid groups (broad SMARTS) is 1. The molecule has 14 heteroatoms. The minimum Gasteiger partial charge on any atom is -0.494 e. The van der Waals surface area contributed by atoms with Gasteiger partial charge >= 0.3 is 18.2 Å². The van der Waals surface area contributed by atoms with Crippen molar-refractivity contribution in [3.8, 4) is 5.75 Å². The van der Waals surface area contributed by atoms with E-state index in [1.165, 1.54) is 39.2 Å². The summed E-state index contributed by atoms with van der Waals surface area (Å²) in [5.41, 5.74) is -3.40. The first-order valence-electron chi connectivity index (χ1n) is 12.1. The van der Waals surface area contributed by atoms with E-state index in [1.54, 1.807) is 0 Å². The molecule has 3 rings (SSSR count). The number of carbonyl (C=O) groups excluding carboxylic acids is 1. The van der Waals surface area contributed by atoms with Crippen LogP contribution in [0.15, 0.2) is 41.3 Å². The fourth-order valence-corrected chi connectivity index (χ4v) is 5.88. The Balaban J connectivity index is 2.03. The maximum absolute atomic E-state index is 14.0. The van der Waals surface area contributed by atoms with Crippen molar-refractivity contribution in [1.82, 2.24) is 0 Å². The highest BCUT2D eigenvalue weighted by molar-refractivity contribution is 7.92. The van der Waals surface area contributed by atoms with Crippen molar-refractivity contribution in [1.29, 1.82) is 0 Å². The van der Waals surface area contributed by atoms with Gasteiger partial charge in [-0.25, -0.2) is 17.6 Å². The Labute approximate surface area is 229 Å². The van der Waals surface area contributed by atoms with E-state index in [4.69, 9.17) is 4.74 Å². The van der Waals surface area contributed by atoms with Gasteiger partial charge in [-0.1, -0.05) is 6.07 Å². The van der Waals surface area contributed by atoms with Crippen LogP contribution in [0.25, 0.3) is 0 Å². The number of amides is 1. The zero-order valence-corrected chi connectivity index (χ0v) is 23.2. The Hall–Kier alpha value is -3.55. The number of hydrogen-bond acceptors (Lipinski definition) is 6. The zero-order valence-electron chi connectivity index (χ0n) is 22.4. The Morgan fingerprint density at radius 2 is 1.75 bits per heavy atom. The second-order valence-corrected chi connectivity index (χ2v) is 12.5. The van der Waals surface area contributed by atoms with Gasteiger partial charge in [-0.05, 0) is 76.3 Å². The molecule has 1 atom stereocenters. The molecule has 1 amide bonds. The summed E-state index contributed by atoms with van der Waals surface area (Å²) >= 11 is 0. The van der Waals surface area contributed by atoms with Gasteiger partial charge in [0.15, 0.2) is 11.6 Å². The van der Waals surface area contributed by atoms with E-state index < -0.39 is 51.0 Å². The van der Waals surface area contributed by atoms with Crippen molar-refractivity contribution >= 4 is 33.5 Å². The second-order valence-electron chi connectivity index (χ2n) is 10.7. The number of benzene rings is 2. The standard InChI is InChI=1S/C26H30F4N2O7S/c1-24(2,22(33)34)13-15-10-16-6-7-17(31-23(35)39-25(3,4)26(28,29)30)11-20(16)32(14-15)40(36,37)18-8-9-19(27)21(12-18)38-5/h6-9,11-12,15H,10,13-14H2,1-5H3,(H,31,35)(H,33,34)/t15-/m1/s1. The van der Waals surface area contributed by atoms with Gasteiger partial charge in [-0.2, -0.15) is 13.2 Å². The Morgan fingerprint density at radius 1 is 1.10 bits per heavy atom. The molecule has 2 N–H and O–H groups in total. The van der Waals surface area contributed by atoms with Gasteiger partial charge in [0.1, 0.15) is 0 Å². The molecule has 1 aliphatic heterocycles. The van der Waals surface area contributed by atoms with Crippen molar-refractivity contribution in [2.45, 2.75) is 57.2 Å².